The third-order valence-corrected chi connectivity index (χ3v) is 6.08. The van der Waals surface area contributed by atoms with Crippen molar-refractivity contribution >= 4 is 50.9 Å². The number of benzene rings is 2. The van der Waals surface area contributed by atoms with Gasteiger partial charge in [-0.3, -0.25) is 20.2 Å². The molecular weight excluding hydrogens is 422 g/mol. The molecule has 0 atom stereocenters. The van der Waals surface area contributed by atoms with Gasteiger partial charge in [-0.25, -0.2) is 0 Å². The van der Waals surface area contributed by atoms with Gasteiger partial charge in [0, 0.05) is 45.4 Å². The standard InChI is InChI=1S/C21H14ClN5O2S/c22-17-6-2-1-5-14(17)19-15-9-18(27(28)29)21-16(11-24-26-21)20(15)25-12(10-23-19)8-13-4-3-7-30-13/h1-7,9-11,25H,8H2,(H,24,26). The van der Waals surface area contributed by atoms with Crippen LogP contribution in [0.5, 0.6) is 0 Å². The maximum absolute atomic E-state index is 11.7. The highest BCUT2D eigenvalue weighted by molar-refractivity contribution is 7.09. The Morgan fingerprint density at radius 1 is 1.17 bits per heavy atom. The van der Waals surface area contributed by atoms with Crippen LogP contribution in [0.25, 0.3) is 10.9 Å². The van der Waals surface area contributed by atoms with Crippen LogP contribution in [0.3, 0.4) is 0 Å². The lowest BCUT2D eigenvalue weighted by Crippen LogP contribution is -2.09. The van der Waals surface area contributed by atoms with Crippen LogP contribution in [-0.2, 0) is 6.42 Å². The number of allylic oxidation sites excluding steroid dienone is 1. The number of thiophene rings is 1. The zero-order chi connectivity index (χ0) is 20.7. The smallest absolute Gasteiger partial charge is 0.295 e. The van der Waals surface area contributed by atoms with E-state index in [1.165, 1.54) is 10.9 Å². The molecule has 0 bridgehead atoms. The first kappa shape index (κ1) is 18.5. The van der Waals surface area contributed by atoms with Crippen molar-refractivity contribution in [1.29, 1.82) is 0 Å². The van der Waals surface area contributed by atoms with Crippen LogP contribution >= 0.6 is 22.9 Å². The fraction of sp³-hybridized carbons (Fsp3) is 0.0476. The first-order valence-electron chi connectivity index (χ1n) is 9.08. The minimum atomic E-state index is -0.421. The topological polar surface area (TPSA) is 96.2 Å². The average Bonchev–Trinajstić information content (AvgIpc) is 3.38. The molecule has 5 rings (SSSR count). The minimum Gasteiger partial charge on any atom is -0.356 e. The van der Waals surface area contributed by atoms with Crippen LogP contribution < -0.4 is 5.32 Å². The summed E-state index contributed by atoms with van der Waals surface area (Å²) in [7, 11) is 0. The van der Waals surface area contributed by atoms with E-state index >= 15 is 0 Å². The third-order valence-electron chi connectivity index (χ3n) is 4.88. The van der Waals surface area contributed by atoms with Crippen LogP contribution in [-0.4, -0.2) is 20.8 Å². The predicted octanol–water partition coefficient (Wildman–Crippen LogP) is 5.53. The van der Waals surface area contributed by atoms with Crippen molar-refractivity contribution in [3.63, 3.8) is 0 Å². The molecule has 0 saturated carbocycles. The SMILES string of the molecule is O=[N+]([O-])c1cc2c(c3cn[nH]c13)NC(Cc1cccs1)=CN=C2c1ccccc1Cl. The van der Waals surface area contributed by atoms with Gasteiger partial charge in [0.1, 0.15) is 5.52 Å². The molecule has 3 heterocycles. The Kier molecular flexibility index (Phi) is 4.57. The van der Waals surface area contributed by atoms with E-state index in [9.17, 15) is 10.1 Å². The van der Waals surface area contributed by atoms with Crippen molar-refractivity contribution < 1.29 is 4.92 Å². The summed E-state index contributed by atoms with van der Waals surface area (Å²) < 4.78 is 0. The maximum Gasteiger partial charge on any atom is 0.295 e. The van der Waals surface area contributed by atoms with Gasteiger partial charge < -0.3 is 5.32 Å². The summed E-state index contributed by atoms with van der Waals surface area (Å²) >= 11 is 8.11. The number of halogens is 1. The molecule has 2 aromatic heterocycles. The predicted molar refractivity (Wildman–Crippen MR) is 120 cm³/mol. The number of aromatic nitrogens is 2. The summed E-state index contributed by atoms with van der Waals surface area (Å²) in [6, 6.07) is 12.9. The monoisotopic (exact) mass is 435 g/mol. The van der Waals surface area contributed by atoms with Crippen LogP contribution in [0.2, 0.25) is 5.02 Å². The molecule has 7 nitrogen and oxygen atoms in total. The Bertz CT molecular complexity index is 1340. The molecule has 2 aromatic carbocycles. The van der Waals surface area contributed by atoms with Gasteiger partial charge in [0.2, 0.25) is 0 Å². The number of hydrogen-bond acceptors (Lipinski definition) is 6. The van der Waals surface area contributed by atoms with Crippen LogP contribution in [0, 0.1) is 10.1 Å². The van der Waals surface area contributed by atoms with E-state index in [0.717, 1.165) is 5.70 Å². The highest BCUT2D eigenvalue weighted by Gasteiger charge is 2.26. The molecule has 0 fully saturated rings. The molecule has 0 aliphatic carbocycles. The number of H-pyrrole nitrogens is 1. The number of anilines is 1. The van der Waals surface area contributed by atoms with Crippen LogP contribution in [0.4, 0.5) is 11.4 Å². The lowest BCUT2D eigenvalue weighted by Gasteiger charge is -2.14. The summed E-state index contributed by atoms with van der Waals surface area (Å²) in [5, 5.41) is 25.1. The number of nitrogens with zero attached hydrogens (tertiary/aromatic N) is 3. The lowest BCUT2D eigenvalue weighted by molar-refractivity contribution is -0.383. The molecule has 148 valence electrons. The minimum absolute atomic E-state index is 0.0653. The highest BCUT2D eigenvalue weighted by atomic mass is 35.5. The van der Waals surface area contributed by atoms with Gasteiger partial charge in [-0.2, -0.15) is 5.10 Å². The fourth-order valence-electron chi connectivity index (χ4n) is 3.53. The van der Waals surface area contributed by atoms with Crippen molar-refractivity contribution in [2.75, 3.05) is 5.32 Å². The molecule has 0 unspecified atom stereocenters. The Labute approximate surface area is 179 Å². The first-order valence-corrected chi connectivity index (χ1v) is 10.3. The van der Waals surface area contributed by atoms with Gasteiger partial charge in [0.15, 0.2) is 0 Å². The van der Waals surface area contributed by atoms with Crippen LogP contribution in [0.1, 0.15) is 16.0 Å². The maximum atomic E-state index is 11.7. The number of rotatable bonds is 4. The van der Waals surface area contributed by atoms with Gasteiger partial charge in [-0.05, 0) is 17.5 Å². The van der Waals surface area contributed by atoms with E-state index in [0.29, 0.717) is 44.9 Å². The number of fused-ring (bicyclic) bond motifs is 3. The fourth-order valence-corrected chi connectivity index (χ4v) is 4.48. The zero-order valence-electron chi connectivity index (χ0n) is 15.4. The Morgan fingerprint density at radius 2 is 2.03 bits per heavy atom. The molecule has 2 N–H and O–H groups in total. The number of nitrogens with one attached hydrogen (secondary N) is 2. The van der Waals surface area contributed by atoms with E-state index in [1.54, 1.807) is 29.8 Å². The second-order valence-electron chi connectivity index (χ2n) is 6.73. The van der Waals surface area contributed by atoms with E-state index in [2.05, 4.69) is 21.6 Å². The van der Waals surface area contributed by atoms with Gasteiger partial charge in [0.05, 0.1) is 27.9 Å². The molecular formula is C21H14ClN5O2S. The van der Waals surface area contributed by atoms with Crippen molar-refractivity contribution in [2.24, 2.45) is 4.99 Å². The Balaban J connectivity index is 1.76. The average molecular weight is 436 g/mol. The van der Waals surface area contributed by atoms with E-state index < -0.39 is 4.92 Å². The molecule has 0 amide bonds. The van der Waals surface area contributed by atoms with Gasteiger partial charge in [-0.15, -0.1) is 11.3 Å². The second-order valence-corrected chi connectivity index (χ2v) is 8.17. The van der Waals surface area contributed by atoms with Gasteiger partial charge in [-0.1, -0.05) is 35.9 Å². The molecule has 30 heavy (non-hydrogen) atoms. The second kappa shape index (κ2) is 7.40. The first-order chi connectivity index (χ1) is 14.6. The Morgan fingerprint density at radius 3 is 2.80 bits per heavy atom. The summed E-state index contributed by atoms with van der Waals surface area (Å²) in [5.41, 5.74) is 3.75. The normalized spacial score (nSPS) is 13.2. The Hall–Kier alpha value is -3.49. The van der Waals surface area contributed by atoms with Gasteiger partial charge in [0.25, 0.3) is 5.69 Å². The third kappa shape index (κ3) is 3.16. The number of aromatic amines is 1. The summed E-state index contributed by atoms with van der Waals surface area (Å²) in [6.07, 6.45) is 4.01. The molecule has 0 spiro atoms. The van der Waals surface area contributed by atoms with Crippen molar-refractivity contribution in [3.05, 3.63) is 97.1 Å². The number of hydrogen-bond donors (Lipinski definition) is 2. The molecule has 0 saturated heterocycles. The summed E-state index contributed by atoms with van der Waals surface area (Å²) in [4.78, 5) is 17.2. The number of non-ortho nitro benzene ring substituents is 1. The zero-order valence-corrected chi connectivity index (χ0v) is 17.0. The van der Waals surface area contributed by atoms with Crippen molar-refractivity contribution in [1.82, 2.24) is 10.2 Å². The largest absolute Gasteiger partial charge is 0.356 e. The molecule has 4 aromatic rings. The quantitative estimate of drug-likeness (QED) is 0.325. The van der Waals surface area contributed by atoms with E-state index in [4.69, 9.17) is 16.6 Å². The number of nitro groups is 1. The van der Waals surface area contributed by atoms with Crippen LogP contribution in [0.15, 0.2) is 70.9 Å². The summed E-state index contributed by atoms with van der Waals surface area (Å²) in [5.74, 6) is 0. The molecule has 1 aliphatic rings. The molecule has 1 aliphatic heterocycles. The molecule has 0 radical (unpaired) electrons. The summed E-state index contributed by atoms with van der Waals surface area (Å²) in [6.45, 7) is 0. The van der Waals surface area contributed by atoms with E-state index in [1.807, 2.05) is 29.6 Å². The highest BCUT2D eigenvalue weighted by Crippen LogP contribution is 2.38. The lowest BCUT2D eigenvalue weighted by atomic mass is 9.97. The van der Waals surface area contributed by atoms with Crippen molar-refractivity contribution in [3.8, 4) is 0 Å². The van der Waals surface area contributed by atoms with Gasteiger partial charge >= 0.3 is 0 Å². The van der Waals surface area contributed by atoms with Crippen molar-refractivity contribution in [2.45, 2.75) is 6.42 Å². The number of aliphatic imine (C=N–C) groups is 1. The number of nitro benzene ring substituents is 1. The molecule has 9 heteroatoms. The van der Waals surface area contributed by atoms with E-state index in [-0.39, 0.29) is 5.69 Å².